The minimum atomic E-state index is -0.223. The number of carbonyl (C=O) groups is 1. The SMILES string of the molecule is O=C1C=CC(Cl)=CC1CCl. The Morgan fingerprint density at radius 3 is 2.70 bits per heavy atom. The van der Waals surface area contributed by atoms with E-state index in [4.69, 9.17) is 23.2 Å². The van der Waals surface area contributed by atoms with Gasteiger partial charge >= 0.3 is 0 Å². The van der Waals surface area contributed by atoms with Crippen LogP contribution in [-0.2, 0) is 4.79 Å². The van der Waals surface area contributed by atoms with E-state index in [1.54, 1.807) is 12.2 Å². The van der Waals surface area contributed by atoms with Crippen LogP contribution >= 0.6 is 23.2 Å². The summed E-state index contributed by atoms with van der Waals surface area (Å²) in [6, 6.07) is 0. The number of alkyl halides is 1. The molecule has 0 saturated carbocycles. The predicted molar refractivity (Wildman–Crippen MR) is 42.3 cm³/mol. The van der Waals surface area contributed by atoms with Crippen molar-refractivity contribution in [3.63, 3.8) is 0 Å². The van der Waals surface area contributed by atoms with Crippen LogP contribution in [0.4, 0.5) is 0 Å². The zero-order chi connectivity index (χ0) is 7.56. The Balaban J connectivity index is 2.76. The van der Waals surface area contributed by atoms with E-state index in [-0.39, 0.29) is 11.7 Å². The lowest BCUT2D eigenvalue weighted by atomic mass is 10.0. The van der Waals surface area contributed by atoms with Gasteiger partial charge in [-0.25, -0.2) is 0 Å². The van der Waals surface area contributed by atoms with Gasteiger partial charge in [0.1, 0.15) is 0 Å². The molecule has 0 radical (unpaired) electrons. The minimum absolute atomic E-state index is 0.0272. The van der Waals surface area contributed by atoms with Gasteiger partial charge in [0.15, 0.2) is 5.78 Å². The van der Waals surface area contributed by atoms with Gasteiger partial charge in [-0.2, -0.15) is 0 Å². The number of halogens is 2. The third kappa shape index (κ3) is 1.61. The van der Waals surface area contributed by atoms with Crippen molar-refractivity contribution < 1.29 is 4.79 Å². The molecule has 0 fully saturated rings. The topological polar surface area (TPSA) is 17.1 Å². The number of hydrogen-bond donors (Lipinski definition) is 0. The van der Waals surface area contributed by atoms with E-state index in [0.29, 0.717) is 10.9 Å². The van der Waals surface area contributed by atoms with Gasteiger partial charge in [0.2, 0.25) is 0 Å². The second kappa shape index (κ2) is 3.22. The summed E-state index contributed by atoms with van der Waals surface area (Å²) < 4.78 is 0. The summed E-state index contributed by atoms with van der Waals surface area (Å²) in [7, 11) is 0. The van der Waals surface area contributed by atoms with Crippen molar-refractivity contribution in [2.24, 2.45) is 5.92 Å². The molecule has 1 aliphatic carbocycles. The molecular weight excluding hydrogens is 171 g/mol. The van der Waals surface area contributed by atoms with Gasteiger partial charge in [-0.05, 0) is 12.2 Å². The summed E-state index contributed by atoms with van der Waals surface area (Å²) in [6.45, 7) is 0. The number of rotatable bonds is 1. The van der Waals surface area contributed by atoms with Crippen LogP contribution < -0.4 is 0 Å². The van der Waals surface area contributed by atoms with Gasteiger partial charge in [-0.1, -0.05) is 17.7 Å². The second-order valence-electron chi connectivity index (χ2n) is 2.05. The van der Waals surface area contributed by atoms with E-state index >= 15 is 0 Å². The van der Waals surface area contributed by atoms with Gasteiger partial charge in [0.25, 0.3) is 0 Å². The summed E-state index contributed by atoms with van der Waals surface area (Å²) in [4.78, 5) is 10.9. The summed E-state index contributed by atoms with van der Waals surface area (Å²) in [5, 5.41) is 0.588. The molecule has 0 amide bonds. The molecule has 1 aliphatic rings. The first kappa shape index (κ1) is 7.83. The smallest absolute Gasteiger partial charge is 0.163 e. The number of hydrogen-bond acceptors (Lipinski definition) is 1. The first-order valence-corrected chi connectivity index (χ1v) is 3.80. The second-order valence-corrected chi connectivity index (χ2v) is 2.79. The van der Waals surface area contributed by atoms with Crippen molar-refractivity contribution in [2.45, 2.75) is 0 Å². The molecule has 0 saturated heterocycles. The summed E-state index contributed by atoms with van der Waals surface area (Å²) in [5.41, 5.74) is 0. The quantitative estimate of drug-likeness (QED) is 0.560. The van der Waals surface area contributed by atoms with Gasteiger partial charge in [0, 0.05) is 10.9 Å². The van der Waals surface area contributed by atoms with Crippen LogP contribution in [0.3, 0.4) is 0 Å². The first-order valence-electron chi connectivity index (χ1n) is 2.89. The van der Waals surface area contributed by atoms with Crippen LogP contribution in [0.1, 0.15) is 0 Å². The maximum Gasteiger partial charge on any atom is 0.163 e. The third-order valence-electron chi connectivity index (χ3n) is 1.30. The molecule has 1 atom stereocenters. The normalized spacial score (nSPS) is 24.8. The Hall–Kier alpha value is -0.270. The maximum atomic E-state index is 10.9. The molecular formula is C7H6Cl2O. The molecule has 0 heterocycles. The molecule has 0 aromatic heterocycles. The zero-order valence-electron chi connectivity index (χ0n) is 5.18. The fourth-order valence-corrected chi connectivity index (χ4v) is 1.19. The molecule has 0 aromatic rings. The zero-order valence-corrected chi connectivity index (χ0v) is 6.69. The van der Waals surface area contributed by atoms with Crippen LogP contribution in [0.15, 0.2) is 23.3 Å². The molecule has 0 bridgehead atoms. The van der Waals surface area contributed by atoms with E-state index in [0.717, 1.165) is 0 Å². The number of carbonyl (C=O) groups excluding carboxylic acids is 1. The molecule has 1 unspecified atom stereocenters. The predicted octanol–water partition coefficient (Wildman–Crippen LogP) is 2.10. The van der Waals surface area contributed by atoms with Crippen molar-refractivity contribution >= 4 is 29.0 Å². The Kier molecular flexibility index (Phi) is 2.52. The van der Waals surface area contributed by atoms with Crippen LogP contribution in [0.25, 0.3) is 0 Å². The van der Waals surface area contributed by atoms with Gasteiger partial charge < -0.3 is 0 Å². The highest BCUT2D eigenvalue weighted by atomic mass is 35.5. The van der Waals surface area contributed by atoms with E-state index in [1.807, 2.05) is 0 Å². The number of ketones is 1. The molecule has 10 heavy (non-hydrogen) atoms. The lowest BCUT2D eigenvalue weighted by Crippen LogP contribution is -2.13. The highest BCUT2D eigenvalue weighted by Crippen LogP contribution is 2.17. The molecule has 1 rings (SSSR count). The molecule has 3 heteroatoms. The molecule has 1 nitrogen and oxygen atoms in total. The largest absolute Gasteiger partial charge is 0.294 e. The molecule has 0 aliphatic heterocycles. The lowest BCUT2D eigenvalue weighted by Gasteiger charge is -2.08. The van der Waals surface area contributed by atoms with Crippen molar-refractivity contribution in [2.75, 3.05) is 5.88 Å². The minimum Gasteiger partial charge on any atom is -0.294 e. The van der Waals surface area contributed by atoms with Crippen molar-refractivity contribution in [1.82, 2.24) is 0 Å². The van der Waals surface area contributed by atoms with Crippen LogP contribution in [0, 0.1) is 5.92 Å². The van der Waals surface area contributed by atoms with Crippen molar-refractivity contribution in [1.29, 1.82) is 0 Å². The summed E-state index contributed by atoms with van der Waals surface area (Å²) in [5.74, 6) is 0.109. The fraction of sp³-hybridized carbons (Fsp3) is 0.286. The fourth-order valence-electron chi connectivity index (χ4n) is 0.736. The standard InChI is InChI=1S/C7H6Cl2O/c8-4-5-3-6(9)1-2-7(5)10/h1-3,5H,4H2. The molecule has 54 valence electrons. The Morgan fingerprint density at radius 1 is 1.50 bits per heavy atom. The summed E-state index contributed by atoms with van der Waals surface area (Å²) >= 11 is 11.1. The van der Waals surface area contributed by atoms with Gasteiger partial charge in [-0.3, -0.25) is 4.79 Å². The average Bonchev–Trinajstić information content (AvgIpc) is 1.94. The monoisotopic (exact) mass is 176 g/mol. The van der Waals surface area contributed by atoms with Crippen molar-refractivity contribution in [3.8, 4) is 0 Å². The van der Waals surface area contributed by atoms with Crippen molar-refractivity contribution in [3.05, 3.63) is 23.3 Å². The van der Waals surface area contributed by atoms with E-state index in [2.05, 4.69) is 0 Å². The average molecular weight is 177 g/mol. The Labute approximate surface area is 69.3 Å². The highest BCUT2D eigenvalue weighted by molar-refractivity contribution is 6.32. The van der Waals surface area contributed by atoms with Gasteiger partial charge in [0.05, 0.1) is 5.92 Å². The van der Waals surface area contributed by atoms with Crippen LogP contribution in [0.2, 0.25) is 0 Å². The molecule has 0 N–H and O–H groups in total. The van der Waals surface area contributed by atoms with E-state index in [9.17, 15) is 4.79 Å². The van der Waals surface area contributed by atoms with E-state index < -0.39 is 0 Å². The number of allylic oxidation sites excluding steroid dienone is 4. The lowest BCUT2D eigenvalue weighted by molar-refractivity contribution is -0.116. The first-order chi connectivity index (χ1) is 4.74. The van der Waals surface area contributed by atoms with Crippen LogP contribution in [-0.4, -0.2) is 11.7 Å². The van der Waals surface area contributed by atoms with Gasteiger partial charge in [-0.15, -0.1) is 11.6 Å². The molecule has 0 spiro atoms. The maximum absolute atomic E-state index is 10.9. The Bertz CT molecular complexity index is 206. The van der Waals surface area contributed by atoms with Crippen LogP contribution in [0.5, 0.6) is 0 Å². The summed E-state index contributed by atoms with van der Waals surface area (Å²) in [6.07, 6.45) is 4.69. The Morgan fingerprint density at radius 2 is 2.20 bits per heavy atom. The third-order valence-corrected chi connectivity index (χ3v) is 1.88. The highest BCUT2D eigenvalue weighted by Gasteiger charge is 2.15. The molecule has 0 aromatic carbocycles. The van der Waals surface area contributed by atoms with E-state index in [1.165, 1.54) is 6.08 Å².